The molecule has 1 unspecified atom stereocenters. The summed E-state index contributed by atoms with van der Waals surface area (Å²) >= 11 is 6.32. The minimum atomic E-state index is -4.13. The molecular formula is C28H21ClN2O5S. The highest BCUT2D eigenvalue weighted by Crippen LogP contribution is 2.43. The van der Waals surface area contributed by atoms with E-state index < -0.39 is 21.1 Å². The topological polar surface area (TPSA) is 102 Å². The zero-order valence-corrected chi connectivity index (χ0v) is 21.1. The zero-order valence-electron chi connectivity index (χ0n) is 19.6. The van der Waals surface area contributed by atoms with Crippen LogP contribution in [0.3, 0.4) is 0 Å². The van der Waals surface area contributed by atoms with Crippen LogP contribution in [0.2, 0.25) is 5.02 Å². The molecule has 0 radical (unpaired) electrons. The van der Waals surface area contributed by atoms with Crippen LogP contribution in [0.25, 0.3) is 22.2 Å². The lowest BCUT2D eigenvalue weighted by Gasteiger charge is -2.17. The van der Waals surface area contributed by atoms with Crippen molar-refractivity contribution in [1.82, 2.24) is 3.97 Å². The maximum atomic E-state index is 14.1. The highest BCUT2D eigenvalue weighted by atomic mass is 35.5. The maximum absolute atomic E-state index is 14.1. The van der Waals surface area contributed by atoms with E-state index in [9.17, 15) is 23.6 Å². The number of non-ortho nitro benzene ring substituents is 1. The van der Waals surface area contributed by atoms with Gasteiger partial charge in [0.1, 0.15) is 6.10 Å². The van der Waals surface area contributed by atoms with Gasteiger partial charge in [-0.05, 0) is 54.4 Å². The molecule has 0 saturated carbocycles. The molecule has 0 saturated heterocycles. The fourth-order valence-electron chi connectivity index (χ4n) is 4.41. The van der Waals surface area contributed by atoms with Crippen molar-refractivity contribution in [3.8, 4) is 11.3 Å². The standard InChI is InChI=1S/C28H21ClN2O5S/c1-18-7-14-23(15-8-18)37(35,36)30-25-17-21(29)11-16-24(25)26(27(30)19-5-3-2-4-6-19)28(32)20-9-12-22(13-10-20)31(33)34/h2-17,28,32H,1H3. The van der Waals surface area contributed by atoms with Crippen molar-refractivity contribution in [2.45, 2.75) is 17.9 Å². The highest BCUT2D eigenvalue weighted by molar-refractivity contribution is 7.90. The molecule has 37 heavy (non-hydrogen) atoms. The average molecular weight is 533 g/mol. The van der Waals surface area contributed by atoms with Crippen molar-refractivity contribution in [2.75, 3.05) is 0 Å². The van der Waals surface area contributed by atoms with Gasteiger partial charge in [-0.25, -0.2) is 12.4 Å². The first-order chi connectivity index (χ1) is 17.7. The summed E-state index contributed by atoms with van der Waals surface area (Å²) < 4.78 is 29.5. The lowest BCUT2D eigenvalue weighted by atomic mass is 9.95. The highest BCUT2D eigenvalue weighted by Gasteiger charge is 2.31. The first kappa shape index (κ1) is 24.7. The fourth-order valence-corrected chi connectivity index (χ4v) is 6.13. The van der Waals surface area contributed by atoms with Gasteiger partial charge >= 0.3 is 0 Å². The van der Waals surface area contributed by atoms with E-state index in [1.807, 2.05) is 13.0 Å². The molecule has 9 heteroatoms. The van der Waals surface area contributed by atoms with Crippen LogP contribution in [0.15, 0.2) is 102 Å². The fraction of sp³-hybridized carbons (Fsp3) is 0.0714. The van der Waals surface area contributed by atoms with Crippen molar-refractivity contribution in [1.29, 1.82) is 0 Å². The molecule has 186 valence electrons. The zero-order chi connectivity index (χ0) is 26.3. The third kappa shape index (κ3) is 4.40. The number of aliphatic hydroxyl groups is 1. The van der Waals surface area contributed by atoms with Crippen LogP contribution in [0, 0.1) is 17.0 Å². The summed E-state index contributed by atoms with van der Waals surface area (Å²) in [5.41, 5.74) is 2.69. The number of rotatable bonds is 6. The quantitative estimate of drug-likeness (QED) is 0.199. The summed E-state index contributed by atoms with van der Waals surface area (Å²) in [4.78, 5) is 10.7. The van der Waals surface area contributed by atoms with Crippen LogP contribution < -0.4 is 0 Å². The van der Waals surface area contributed by atoms with Gasteiger partial charge in [0.2, 0.25) is 0 Å². The Hall–Kier alpha value is -3.98. The molecule has 5 aromatic rings. The number of hydrogen-bond acceptors (Lipinski definition) is 5. The molecule has 0 fully saturated rings. The normalized spacial score (nSPS) is 12.5. The van der Waals surface area contributed by atoms with Crippen LogP contribution in [-0.2, 0) is 10.0 Å². The van der Waals surface area contributed by atoms with E-state index in [0.29, 0.717) is 32.6 Å². The molecule has 1 N–H and O–H groups in total. The first-order valence-electron chi connectivity index (χ1n) is 11.3. The Morgan fingerprint density at radius 1 is 0.919 bits per heavy atom. The molecule has 5 rings (SSSR count). The predicted molar refractivity (Wildman–Crippen MR) is 143 cm³/mol. The minimum absolute atomic E-state index is 0.0866. The number of nitrogens with zero attached hydrogens (tertiary/aromatic N) is 2. The van der Waals surface area contributed by atoms with Crippen LogP contribution in [-0.4, -0.2) is 22.4 Å². The number of nitro groups is 1. The third-order valence-corrected chi connectivity index (χ3v) is 8.19. The summed E-state index contributed by atoms with van der Waals surface area (Å²) in [7, 11) is -4.13. The molecule has 0 aliphatic carbocycles. The second-order valence-corrected chi connectivity index (χ2v) is 10.8. The summed E-state index contributed by atoms with van der Waals surface area (Å²) in [5.74, 6) is 0. The number of benzene rings is 4. The smallest absolute Gasteiger partial charge is 0.269 e. The molecule has 0 spiro atoms. The lowest BCUT2D eigenvalue weighted by Crippen LogP contribution is -2.15. The Morgan fingerprint density at radius 3 is 2.19 bits per heavy atom. The number of aryl methyl sites for hydroxylation is 1. The van der Waals surface area contributed by atoms with Gasteiger partial charge in [-0.15, -0.1) is 0 Å². The van der Waals surface area contributed by atoms with E-state index in [4.69, 9.17) is 11.6 Å². The lowest BCUT2D eigenvalue weighted by molar-refractivity contribution is -0.384. The molecule has 4 aromatic carbocycles. The first-order valence-corrected chi connectivity index (χ1v) is 13.1. The Balaban J connectivity index is 1.86. The second-order valence-electron chi connectivity index (χ2n) is 8.62. The van der Waals surface area contributed by atoms with Crippen LogP contribution in [0.4, 0.5) is 5.69 Å². The largest absolute Gasteiger partial charge is 0.384 e. The molecule has 0 aliphatic heterocycles. The average Bonchev–Trinajstić information content (AvgIpc) is 3.24. The SMILES string of the molecule is Cc1ccc(S(=O)(=O)n2c(-c3ccccc3)c(C(O)c3ccc([N+](=O)[O-])cc3)c3ccc(Cl)cc32)cc1. The third-order valence-electron chi connectivity index (χ3n) is 6.23. The van der Waals surface area contributed by atoms with E-state index in [1.165, 1.54) is 28.2 Å². The van der Waals surface area contributed by atoms with Gasteiger partial charge in [-0.2, -0.15) is 0 Å². The summed E-state index contributed by atoms with van der Waals surface area (Å²) in [6, 6.07) is 25.8. The van der Waals surface area contributed by atoms with Crippen molar-refractivity contribution < 1.29 is 18.4 Å². The summed E-state index contributed by atoms with van der Waals surface area (Å²) in [6.07, 6.45) is -1.28. The van der Waals surface area contributed by atoms with E-state index >= 15 is 0 Å². The van der Waals surface area contributed by atoms with E-state index in [0.717, 1.165) is 5.56 Å². The van der Waals surface area contributed by atoms with E-state index in [-0.39, 0.29) is 16.3 Å². The molecule has 0 amide bonds. The monoisotopic (exact) mass is 532 g/mol. The number of halogens is 1. The molecule has 7 nitrogen and oxygen atoms in total. The van der Waals surface area contributed by atoms with Gasteiger partial charge in [-0.1, -0.05) is 65.7 Å². The minimum Gasteiger partial charge on any atom is -0.384 e. The van der Waals surface area contributed by atoms with Gasteiger partial charge in [0.25, 0.3) is 15.7 Å². The Labute approximate surface area is 218 Å². The van der Waals surface area contributed by atoms with Crippen molar-refractivity contribution in [3.63, 3.8) is 0 Å². The number of fused-ring (bicyclic) bond motifs is 1. The maximum Gasteiger partial charge on any atom is 0.269 e. The number of hydrogen-bond donors (Lipinski definition) is 1. The van der Waals surface area contributed by atoms with Crippen molar-refractivity contribution in [3.05, 3.63) is 129 Å². The van der Waals surface area contributed by atoms with Gasteiger partial charge in [0, 0.05) is 28.1 Å². The molecule has 1 aromatic heterocycles. The van der Waals surface area contributed by atoms with Gasteiger partial charge in [0.15, 0.2) is 0 Å². The number of aliphatic hydroxyl groups excluding tert-OH is 1. The van der Waals surface area contributed by atoms with Crippen LogP contribution in [0.1, 0.15) is 22.8 Å². The molecule has 0 aliphatic rings. The van der Waals surface area contributed by atoms with Crippen LogP contribution >= 0.6 is 11.6 Å². The van der Waals surface area contributed by atoms with Crippen molar-refractivity contribution in [2.24, 2.45) is 0 Å². The van der Waals surface area contributed by atoms with Gasteiger partial charge < -0.3 is 5.11 Å². The number of nitro benzene ring substituents is 1. The van der Waals surface area contributed by atoms with E-state index in [2.05, 4.69) is 0 Å². The molecule has 1 heterocycles. The summed E-state index contributed by atoms with van der Waals surface area (Å²) in [6.45, 7) is 1.87. The van der Waals surface area contributed by atoms with E-state index in [1.54, 1.807) is 66.7 Å². The van der Waals surface area contributed by atoms with Crippen molar-refractivity contribution >= 4 is 38.2 Å². The Morgan fingerprint density at radius 2 is 1.57 bits per heavy atom. The van der Waals surface area contributed by atoms with Gasteiger partial charge in [0.05, 0.1) is 21.0 Å². The predicted octanol–water partition coefficient (Wildman–Crippen LogP) is 6.50. The Kier molecular flexibility index (Phi) is 6.33. The Bertz CT molecular complexity index is 1730. The molecular weight excluding hydrogens is 512 g/mol. The van der Waals surface area contributed by atoms with Crippen LogP contribution in [0.5, 0.6) is 0 Å². The number of aromatic nitrogens is 1. The molecule has 1 atom stereocenters. The molecule has 0 bridgehead atoms. The summed E-state index contributed by atoms with van der Waals surface area (Å²) in [5, 5.41) is 23.6. The second kappa shape index (κ2) is 9.48. The van der Waals surface area contributed by atoms with Gasteiger partial charge in [-0.3, -0.25) is 10.1 Å².